The molecule has 0 spiro atoms. The van der Waals surface area contributed by atoms with Crippen LogP contribution in [0.3, 0.4) is 0 Å². The summed E-state index contributed by atoms with van der Waals surface area (Å²) in [6.07, 6.45) is 7.40. The van der Waals surface area contributed by atoms with Gasteiger partial charge in [0.05, 0.1) is 6.54 Å². The molecule has 1 rings (SSSR count). The van der Waals surface area contributed by atoms with Gasteiger partial charge in [-0.1, -0.05) is 61.0 Å². The van der Waals surface area contributed by atoms with Crippen LogP contribution in [0, 0.1) is 0 Å². The van der Waals surface area contributed by atoms with E-state index in [2.05, 4.69) is 22.3 Å². The summed E-state index contributed by atoms with van der Waals surface area (Å²) in [5, 5.41) is 6.51. The van der Waals surface area contributed by atoms with Gasteiger partial charge < -0.3 is 5.32 Å². The summed E-state index contributed by atoms with van der Waals surface area (Å²) >= 11 is 18.3. The fourth-order valence-corrected chi connectivity index (χ4v) is 2.19. The second-order valence-corrected chi connectivity index (χ2v) is 6.57. The van der Waals surface area contributed by atoms with Gasteiger partial charge in [0.2, 0.25) is 5.91 Å². The second kappa shape index (κ2) is 8.70. The average molecular weight is 342 g/mol. The number of carbonyl (C=O) groups is 1. The number of hydrogen-bond donors (Lipinski definition) is 1. The molecule has 20 heavy (non-hydrogen) atoms. The predicted octanol–water partition coefficient (Wildman–Crippen LogP) is 3.10. The van der Waals surface area contributed by atoms with E-state index in [-0.39, 0.29) is 12.5 Å². The molecule has 0 aromatic carbocycles. The molecule has 0 fully saturated rings. The lowest BCUT2D eigenvalue weighted by atomic mass is 10.1. The largest absolute Gasteiger partial charge is 0.337 e. The minimum Gasteiger partial charge on any atom is -0.337 e. The third-order valence-electron chi connectivity index (χ3n) is 2.76. The number of hydrogen-bond acceptors (Lipinski definition) is 3. The van der Waals surface area contributed by atoms with Crippen molar-refractivity contribution in [3.05, 3.63) is 12.7 Å². The molecule has 0 aliphatic rings. The van der Waals surface area contributed by atoms with Crippen molar-refractivity contribution in [1.29, 1.82) is 0 Å². The number of carbonyl (C=O) groups excluding carboxylic acids is 1. The summed E-state index contributed by atoms with van der Waals surface area (Å²) in [7, 11) is 0. The van der Waals surface area contributed by atoms with Gasteiger partial charge in [-0.25, -0.2) is 9.67 Å². The first-order valence-corrected chi connectivity index (χ1v) is 7.78. The zero-order valence-electron chi connectivity index (χ0n) is 11.4. The van der Waals surface area contributed by atoms with Crippen molar-refractivity contribution in [1.82, 2.24) is 20.1 Å². The van der Waals surface area contributed by atoms with Crippen LogP contribution in [0.1, 0.15) is 39.0 Å². The quantitative estimate of drug-likeness (QED) is 0.426. The highest BCUT2D eigenvalue weighted by Gasteiger charge is 2.35. The molecule has 5 nitrogen and oxygen atoms in total. The fourth-order valence-electron chi connectivity index (χ4n) is 1.64. The number of rotatable bonds is 9. The van der Waals surface area contributed by atoms with Crippen LogP contribution in [0.5, 0.6) is 0 Å². The molecule has 0 aliphatic heterocycles. The fraction of sp³-hybridized carbons (Fsp3) is 0.750. The van der Waals surface area contributed by atoms with E-state index >= 15 is 0 Å². The van der Waals surface area contributed by atoms with E-state index < -0.39 is 9.83 Å². The average Bonchev–Trinajstić information content (AvgIpc) is 2.86. The van der Waals surface area contributed by atoms with Gasteiger partial charge in [-0.15, -0.1) is 0 Å². The molecular weight excluding hydrogens is 323 g/mol. The smallest absolute Gasteiger partial charge is 0.221 e. The zero-order valence-corrected chi connectivity index (χ0v) is 13.6. The normalized spacial score (nSPS) is 13.2. The number of amides is 1. The van der Waals surface area contributed by atoms with Gasteiger partial charge in [0.1, 0.15) is 18.2 Å². The van der Waals surface area contributed by atoms with E-state index in [0.29, 0.717) is 6.42 Å². The molecule has 1 atom stereocenters. The molecule has 1 amide bonds. The van der Waals surface area contributed by atoms with Crippen LogP contribution >= 0.6 is 34.8 Å². The molecule has 1 heterocycles. The van der Waals surface area contributed by atoms with Crippen LogP contribution < -0.4 is 5.32 Å². The summed E-state index contributed by atoms with van der Waals surface area (Å²) in [5.41, 5.74) is -0.895. The van der Waals surface area contributed by atoms with Gasteiger partial charge in [-0.2, -0.15) is 5.10 Å². The highest BCUT2D eigenvalue weighted by Crippen LogP contribution is 2.29. The summed E-state index contributed by atoms with van der Waals surface area (Å²) in [6, 6.07) is 0. The number of nitrogens with one attached hydrogen (secondary N) is 1. The molecule has 1 aromatic heterocycles. The molecule has 0 saturated carbocycles. The third kappa shape index (κ3) is 6.29. The molecule has 1 aromatic rings. The number of nitrogens with zero attached hydrogens (tertiary/aromatic N) is 3. The van der Waals surface area contributed by atoms with E-state index in [9.17, 15) is 4.79 Å². The Hall–Kier alpha value is -0.520. The van der Waals surface area contributed by atoms with Crippen molar-refractivity contribution in [2.75, 3.05) is 0 Å². The van der Waals surface area contributed by atoms with E-state index in [1.807, 2.05) is 0 Å². The van der Waals surface area contributed by atoms with Crippen LogP contribution in [0.4, 0.5) is 0 Å². The molecule has 0 saturated heterocycles. The van der Waals surface area contributed by atoms with Crippen molar-refractivity contribution in [3.8, 4) is 0 Å². The molecule has 8 heteroatoms. The molecule has 0 radical (unpaired) electrons. The van der Waals surface area contributed by atoms with E-state index in [1.54, 1.807) is 0 Å². The van der Waals surface area contributed by atoms with Gasteiger partial charge in [-0.3, -0.25) is 4.79 Å². The standard InChI is InChI=1S/C12H19Cl3N4O/c1-2-3-4-5-6-10(20)18-11(13)12(14,15)7-19-9-16-8-17-19/h8-9,11H,2-7H2,1H3,(H,18,20). The van der Waals surface area contributed by atoms with Crippen LogP contribution in [0.2, 0.25) is 0 Å². The molecule has 0 aliphatic carbocycles. The first-order valence-electron chi connectivity index (χ1n) is 6.59. The Labute approximate surface area is 134 Å². The van der Waals surface area contributed by atoms with E-state index in [0.717, 1.165) is 25.7 Å². The van der Waals surface area contributed by atoms with Crippen molar-refractivity contribution >= 4 is 40.7 Å². The highest BCUT2D eigenvalue weighted by molar-refractivity contribution is 6.52. The number of aromatic nitrogens is 3. The van der Waals surface area contributed by atoms with E-state index in [1.165, 1.54) is 17.3 Å². The third-order valence-corrected chi connectivity index (χ3v) is 4.14. The Morgan fingerprint density at radius 3 is 2.75 bits per heavy atom. The highest BCUT2D eigenvalue weighted by atomic mass is 35.5. The Morgan fingerprint density at radius 1 is 1.40 bits per heavy atom. The second-order valence-electron chi connectivity index (χ2n) is 4.59. The van der Waals surface area contributed by atoms with Gasteiger partial charge in [-0.05, 0) is 6.42 Å². The Kier molecular flexibility index (Phi) is 7.62. The lowest BCUT2D eigenvalue weighted by molar-refractivity contribution is -0.121. The van der Waals surface area contributed by atoms with Gasteiger partial charge in [0.15, 0.2) is 4.33 Å². The first kappa shape index (κ1) is 17.5. The van der Waals surface area contributed by atoms with Gasteiger partial charge in [0.25, 0.3) is 0 Å². The van der Waals surface area contributed by atoms with Gasteiger partial charge in [0, 0.05) is 6.42 Å². The monoisotopic (exact) mass is 340 g/mol. The van der Waals surface area contributed by atoms with E-state index in [4.69, 9.17) is 34.8 Å². The summed E-state index contributed by atoms with van der Waals surface area (Å²) in [6.45, 7) is 2.26. The van der Waals surface area contributed by atoms with Crippen molar-refractivity contribution in [2.45, 2.75) is 55.4 Å². The molecule has 0 bridgehead atoms. The number of halogens is 3. The molecule has 114 valence electrons. The van der Waals surface area contributed by atoms with Gasteiger partial charge >= 0.3 is 0 Å². The first-order chi connectivity index (χ1) is 9.45. The lowest BCUT2D eigenvalue weighted by Gasteiger charge is -2.25. The topological polar surface area (TPSA) is 59.8 Å². The van der Waals surface area contributed by atoms with Crippen LogP contribution in [0.25, 0.3) is 0 Å². The minimum atomic E-state index is -1.35. The van der Waals surface area contributed by atoms with Crippen LogP contribution in [0.15, 0.2) is 12.7 Å². The van der Waals surface area contributed by atoms with Crippen molar-refractivity contribution < 1.29 is 4.79 Å². The molecule has 1 unspecified atom stereocenters. The van der Waals surface area contributed by atoms with Crippen molar-refractivity contribution in [3.63, 3.8) is 0 Å². The number of alkyl halides is 3. The Morgan fingerprint density at radius 2 is 2.15 bits per heavy atom. The predicted molar refractivity (Wildman–Crippen MR) is 81.0 cm³/mol. The number of unbranched alkanes of at least 4 members (excludes halogenated alkanes) is 3. The minimum absolute atomic E-state index is 0.139. The SMILES string of the molecule is CCCCCCC(=O)NC(Cl)C(Cl)(Cl)Cn1cncn1. The zero-order chi connectivity index (χ0) is 15.0. The van der Waals surface area contributed by atoms with Crippen LogP contribution in [-0.2, 0) is 11.3 Å². The molecule has 1 N–H and O–H groups in total. The molecular formula is C12H19Cl3N4O. The van der Waals surface area contributed by atoms with Crippen LogP contribution in [-0.4, -0.2) is 30.5 Å². The summed E-state index contributed by atoms with van der Waals surface area (Å²) in [4.78, 5) is 15.5. The maximum Gasteiger partial charge on any atom is 0.221 e. The summed E-state index contributed by atoms with van der Waals surface area (Å²) < 4.78 is 0.108. The maximum atomic E-state index is 11.7. The Bertz CT molecular complexity index is 397. The Balaban J connectivity index is 2.36. The lowest BCUT2D eigenvalue weighted by Crippen LogP contribution is -2.44. The maximum absolute atomic E-state index is 11.7. The summed E-state index contributed by atoms with van der Waals surface area (Å²) in [5.74, 6) is -0.148. The van der Waals surface area contributed by atoms with Crippen molar-refractivity contribution in [2.24, 2.45) is 0 Å².